The minimum Gasteiger partial charge on any atom is -0.378 e. The molecule has 1 fully saturated rings. The topological polar surface area (TPSA) is 112 Å². The van der Waals surface area contributed by atoms with Gasteiger partial charge in [0, 0.05) is 19.3 Å². The van der Waals surface area contributed by atoms with Crippen molar-refractivity contribution >= 4 is 22.9 Å². The van der Waals surface area contributed by atoms with Crippen molar-refractivity contribution < 1.29 is 9.53 Å². The number of anilines is 1. The molecule has 1 aliphatic rings. The molecule has 4 rings (SSSR count). The average Bonchev–Trinajstić information content (AvgIpc) is 3.05. The normalized spacial score (nSPS) is 14.8. The fourth-order valence-electron chi connectivity index (χ4n) is 2.85. The van der Waals surface area contributed by atoms with Crippen LogP contribution in [0.25, 0.3) is 22.7 Å². The van der Waals surface area contributed by atoms with E-state index in [1.165, 1.54) is 0 Å². The molecule has 3 aromatic rings. The third-order valence-electron chi connectivity index (χ3n) is 3.98. The number of hydrogen-bond donors (Lipinski definition) is 1. The highest BCUT2D eigenvalue weighted by molar-refractivity contribution is 5.87. The third-order valence-corrected chi connectivity index (χ3v) is 3.98. The number of fused-ring (bicyclic) bond motifs is 1. The zero-order chi connectivity index (χ0) is 17.2. The number of imidazole rings is 1. The molecule has 0 aliphatic carbocycles. The van der Waals surface area contributed by atoms with Gasteiger partial charge in [-0.05, 0) is 12.1 Å². The van der Waals surface area contributed by atoms with E-state index >= 15 is 0 Å². The maximum Gasteiger partial charge on any atom is 0.237 e. The molecule has 9 nitrogen and oxygen atoms in total. The summed E-state index contributed by atoms with van der Waals surface area (Å²) in [4.78, 5) is 31.4. The lowest BCUT2D eigenvalue weighted by atomic mass is 10.3. The Morgan fingerprint density at radius 1 is 1.20 bits per heavy atom. The van der Waals surface area contributed by atoms with Crippen LogP contribution in [0.4, 0.5) is 5.82 Å². The zero-order valence-electron chi connectivity index (χ0n) is 13.5. The van der Waals surface area contributed by atoms with Crippen molar-refractivity contribution in [2.75, 3.05) is 31.2 Å². The second-order valence-corrected chi connectivity index (χ2v) is 5.70. The van der Waals surface area contributed by atoms with Crippen LogP contribution >= 0.6 is 0 Å². The fourth-order valence-corrected chi connectivity index (χ4v) is 2.85. The van der Waals surface area contributed by atoms with E-state index in [-0.39, 0.29) is 6.54 Å². The third kappa shape index (κ3) is 3.01. The number of hydrogen-bond acceptors (Lipinski definition) is 7. The van der Waals surface area contributed by atoms with Gasteiger partial charge < -0.3 is 19.9 Å². The summed E-state index contributed by atoms with van der Waals surface area (Å²) < 4.78 is 7.12. The SMILES string of the molecule is NC(=O)Cn1cnc2nc(-c3ccccn3)nc(N3CCOCC3)c21. The highest BCUT2D eigenvalue weighted by Gasteiger charge is 2.22. The van der Waals surface area contributed by atoms with Crippen LogP contribution in [0.15, 0.2) is 30.7 Å². The van der Waals surface area contributed by atoms with Crippen LogP contribution in [0.3, 0.4) is 0 Å². The highest BCUT2D eigenvalue weighted by Crippen LogP contribution is 2.27. The van der Waals surface area contributed by atoms with Crippen LogP contribution in [0.1, 0.15) is 0 Å². The summed E-state index contributed by atoms with van der Waals surface area (Å²) in [6.07, 6.45) is 3.26. The van der Waals surface area contributed by atoms with Gasteiger partial charge in [0.2, 0.25) is 5.91 Å². The standard InChI is InChI=1S/C16H17N7O2/c17-12(24)9-23-10-19-15-13(23)16(22-5-7-25-8-6-22)21-14(20-15)11-3-1-2-4-18-11/h1-4,10H,5-9H2,(H2,17,24). The molecule has 0 bridgehead atoms. The Hall–Kier alpha value is -3.07. The van der Waals surface area contributed by atoms with Crippen molar-refractivity contribution in [2.24, 2.45) is 5.73 Å². The fraction of sp³-hybridized carbons (Fsp3) is 0.312. The summed E-state index contributed by atoms with van der Waals surface area (Å²) in [5.41, 5.74) is 7.23. The van der Waals surface area contributed by atoms with Crippen molar-refractivity contribution in [2.45, 2.75) is 6.54 Å². The van der Waals surface area contributed by atoms with Gasteiger partial charge in [-0.15, -0.1) is 0 Å². The van der Waals surface area contributed by atoms with Gasteiger partial charge in [-0.2, -0.15) is 0 Å². The molecule has 0 spiro atoms. The number of amides is 1. The molecule has 1 aliphatic heterocycles. The molecule has 3 aromatic heterocycles. The van der Waals surface area contributed by atoms with E-state index in [1.54, 1.807) is 17.1 Å². The number of aromatic nitrogens is 5. The summed E-state index contributed by atoms with van der Waals surface area (Å²) in [6, 6.07) is 5.58. The van der Waals surface area contributed by atoms with Crippen molar-refractivity contribution in [1.29, 1.82) is 0 Å². The lowest BCUT2D eigenvalue weighted by Gasteiger charge is -2.28. The van der Waals surface area contributed by atoms with Gasteiger partial charge in [-0.3, -0.25) is 9.78 Å². The van der Waals surface area contributed by atoms with Gasteiger partial charge in [-0.1, -0.05) is 6.07 Å². The zero-order valence-corrected chi connectivity index (χ0v) is 13.5. The predicted molar refractivity (Wildman–Crippen MR) is 90.8 cm³/mol. The molecule has 0 aromatic carbocycles. The maximum atomic E-state index is 11.4. The van der Waals surface area contributed by atoms with Gasteiger partial charge in [-0.25, -0.2) is 15.0 Å². The number of pyridine rings is 1. The smallest absolute Gasteiger partial charge is 0.237 e. The lowest BCUT2D eigenvalue weighted by molar-refractivity contribution is -0.118. The number of carbonyl (C=O) groups is 1. The van der Waals surface area contributed by atoms with Crippen molar-refractivity contribution in [3.63, 3.8) is 0 Å². The summed E-state index contributed by atoms with van der Waals surface area (Å²) in [5, 5.41) is 0. The van der Waals surface area contributed by atoms with E-state index in [0.717, 1.165) is 0 Å². The first-order valence-corrected chi connectivity index (χ1v) is 7.97. The molecular formula is C16H17N7O2. The molecule has 128 valence electrons. The minimum atomic E-state index is -0.443. The Morgan fingerprint density at radius 2 is 2.04 bits per heavy atom. The molecule has 4 heterocycles. The monoisotopic (exact) mass is 339 g/mol. The number of morpholine rings is 1. The number of carbonyl (C=O) groups excluding carboxylic acids is 1. The van der Waals surface area contributed by atoms with Crippen LogP contribution in [-0.2, 0) is 16.1 Å². The number of primary amides is 1. The van der Waals surface area contributed by atoms with Crippen LogP contribution in [0, 0.1) is 0 Å². The maximum absolute atomic E-state index is 11.4. The summed E-state index contributed by atoms with van der Waals surface area (Å²) in [5.74, 6) is 0.771. The first-order chi connectivity index (χ1) is 12.2. The summed E-state index contributed by atoms with van der Waals surface area (Å²) in [7, 11) is 0. The van der Waals surface area contributed by atoms with Crippen molar-refractivity contribution in [1.82, 2.24) is 24.5 Å². The van der Waals surface area contributed by atoms with Crippen LogP contribution in [-0.4, -0.2) is 56.7 Å². The molecule has 0 radical (unpaired) electrons. The molecule has 2 N–H and O–H groups in total. The largest absolute Gasteiger partial charge is 0.378 e. The molecule has 1 saturated heterocycles. The number of nitrogens with zero attached hydrogens (tertiary/aromatic N) is 6. The minimum absolute atomic E-state index is 0.0279. The first kappa shape index (κ1) is 15.5. The van der Waals surface area contributed by atoms with E-state index in [2.05, 4.69) is 19.9 Å². The molecule has 0 atom stereocenters. The van der Waals surface area contributed by atoms with Gasteiger partial charge in [0.1, 0.15) is 17.8 Å². The molecule has 0 unspecified atom stereocenters. The van der Waals surface area contributed by atoms with Crippen LogP contribution < -0.4 is 10.6 Å². The Balaban J connectivity index is 1.89. The second-order valence-electron chi connectivity index (χ2n) is 5.70. The molecular weight excluding hydrogens is 322 g/mol. The van der Waals surface area contributed by atoms with E-state index in [1.807, 2.05) is 18.2 Å². The van der Waals surface area contributed by atoms with Crippen LogP contribution in [0.2, 0.25) is 0 Å². The quantitative estimate of drug-likeness (QED) is 0.723. The molecule has 0 saturated carbocycles. The van der Waals surface area contributed by atoms with Gasteiger partial charge >= 0.3 is 0 Å². The predicted octanol–water partition coefficient (Wildman–Crippen LogP) is 0.210. The van der Waals surface area contributed by atoms with E-state index in [0.29, 0.717) is 54.8 Å². The van der Waals surface area contributed by atoms with E-state index in [9.17, 15) is 4.79 Å². The average molecular weight is 339 g/mol. The Bertz CT molecular complexity index is 903. The molecule has 9 heteroatoms. The second kappa shape index (κ2) is 6.44. The van der Waals surface area contributed by atoms with E-state index in [4.69, 9.17) is 15.5 Å². The van der Waals surface area contributed by atoms with Crippen LogP contribution in [0.5, 0.6) is 0 Å². The molecule has 1 amide bonds. The number of ether oxygens (including phenoxy) is 1. The van der Waals surface area contributed by atoms with Gasteiger partial charge in [0.25, 0.3) is 0 Å². The van der Waals surface area contributed by atoms with E-state index < -0.39 is 5.91 Å². The van der Waals surface area contributed by atoms with Gasteiger partial charge in [0.05, 0.1) is 19.5 Å². The van der Waals surface area contributed by atoms with Crippen molar-refractivity contribution in [3.05, 3.63) is 30.7 Å². The summed E-state index contributed by atoms with van der Waals surface area (Å²) >= 11 is 0. The first-order valence-electron chi connectivity index (χ1n) is 7.97. The molecule has 25 heavy (non-hydrogen) atoms. The van der Waals surface area contributed by atoms with Crippen molar-refractivity contribution in [3.8, 4) is 11.5 Å². The van der Waals surface area contributed by atoms with Gasteiger partial charge in [0.15, 0.2) is 17.3 Å². The summed E-state index contributed by atoms with van der Waals surface area (Å²) in [6.45, 7) is 2.67. The Kier molecular flexibility index (Phi) is 3.98. The Labute approximate surface area is 143 Å². The highest BCUT2D eigenvalue weighted by atomic mass is 16.5. The Morgan fingerprint density at radius 3 is 2.76 bits per heavy atom. The number of nitrogens with two attached hydrogens (primary N) is 1. The lowest BCUT2D eigenvalue weighted by Crippen LogP contribution is -2.37. The number of rotatable bonds is 4.